The molecule has 1 saturated heterocycles. The summed E-state index contributed by atoms with van der Waals surface area (Å²) >= 11 is 0. The van der Waals surface area contributed by atoms with Gasteiger partial charge in [-0.1, -0.05) is 0 Å². The van der Waals surface area contributed by atoms with Crippen LogP contribution in [-0.4, -0.2) is 28.4 Å². The number of carbonyl (C=O) groups is 1. The van der Waals surface area contributed by atoms with Crippen molar-refractivity contribution in [2.75, 3.05) is 6.54 Å². The fourth-order valence-corrected chi connectivity index (χ4v) is 1.98. The lowest BCUT2D eigenvalue weighted by molar-refractivity contribution is 0.0747. The lowest BCUT2D eigenvalue weighted by Gasteiger charge is -2.21. The number of aromatic nitrogens is 1. The summed E-state index contributed by atoms with van der Waals surface area (Å²) in [5.41, 5.74) is 0.250. The molecule has 1 aromatic heterocycles. The van der Waals surface area contributed by atoms with Crippen molar-refractivity contribution in [2.45, 2.75) is 25.8 Å². The number of nitrogens with zero attached hydrogens (tertiary/aromatic N) is 1. The normalized spacial score (nSPS) is 20.6. The van der Waals surface area contributed by atoms with Crippen molar-refractivity contribution in [3.63, 3.8) is 0 Å². The highest BCUT2D eigenvalue weighted by Crippen LogP contribution is 2.18. The monoisotopic (exact) mass is 206 g/mol. The van der Waals surface area contributed by atoms with Gasteiger partial charge < -0.3 is 9.88 Å². The van der Waals surface area contributed by atoms with Gasteiger partial charge in [0.25, 0.3) is 5.91 Å². The van der Waals surface area contributed by atoms with Crippen molar-refractivity contribution in [3.8, 4) is 0 Å². The Hall–Kier alpha value is -1.58. The number of carbonyl (C=O) groups excluding carboxylic acids is 1. The molecule has 0 aliphatic carbocycles. The topological polar surface area (TPSA) is 53.2 Å². The molecule has 1 fully saturated rings. The van der Waals surface area contributed by atoms with Crippen LogP contribution in [0.15, 0.2) is 23.1 Å². The van der Waals surface area contributed by atoms with Gasteiger partial charge in [0.05, 0.1) is 0 Å². The van der Waals surface area contributed by atoms with Gasteiger partial charge >= 0.3 is 0 Å². The third kappa shape index (κ3) is 1.93. The molecule has 1 aromatic rings. The van der Waals surface area contributed by atoms with E-state index >= 15 is 0 Å². The number of H-pyrrole nitrogens is 1. The van der Waals surface area contributed by atoms with E-state index in [0.717, 1.165) is 19.4 Å². The standard InChI is InChI=1S/C11H14N2O2/c1-8-3-2-6-13(8)11(15)9-4-5-12-10(14)7-9/h4-5,7-8H,2-3,6H2,1H3,(H,12,14). The maximum atomic E-state index is 12.0. The molecule has 0 radical (unpaired) electrons. The van der Waals surface area contributed by atoms with Crippen molar-refractivity contribution < 1.29 is 4.79 Å². The number of rotatable bonds is 1. The van der Waals surface area contributed by atoms with Crippen molar-refractivity contribution >= 4 is 5.91 Å². The average Bonchev–Trinajstić information content (AvgIpc) is 2.63. The molecule has 0 aromatic carbocycles. The minimum atomic E-state index is -0.229. The summed E-state index contributed by atoms with van der Waals surface area (Å²) in [6.07, 6.45) is 3.61. The summed E-state index contributed by atoms with van der Waals surface area (Å²) in [6, 6.07) is 3.29. The number of likely N-dealkylation sites (tertiary alicyclic amines) is 1. The van der Waals surface area contributed by atoms with Crippen molar-refractivity contribution in [3.05, 3.63) is 34.2 Å². The van der Waals surface area contributed by atoms with Gasteiger partial charge in [0.1, 0.15) is 0 Å². The van der Waals surface area contributed by atoms with E-state index < -0.39 is 0 Å². The Kier molecular flexibility index (Phi) is 2.58. The van der Waals surface area contributed by atoms with Gasteiger partial charge in [0.2, 0.25) is 5.56 Å². The van der Waals surface area contributed by atoms with Crippen LogP contribution in [0, 0.1) is 0 Å². The molecule has 0 saturated carbocycles. The summed E-state index contributed by atoms with van der Waals surface area (Å²) in [5, 5.41) is 0. The quantitative estimate of drug-likeness (QED) is 0.745. The summed E-state index contributed by atoms with van der Waals surface area (Å²) in [4.78, 5) is 27.4. The van der Waals surface area contributed by atoms with Crippen LogP contribution in [0.5, 0.6) is 0 Å². The minimum absolute atomic E-state index is 0.0360. The fraction of sp³-hybridized carbons (Fsp3) is 0.455. The highest BCUT2D eigenvalue weighted by Gasteiger charge is 2.25. The first kappa shape index (κ1) is 9.96. The van der Waals surface area contributed by atoms with E-state index in [9.17, 15) is 9.59 Å². The predicted molar refractivity (Wildman–Crippen MR) is 56.8 cm³/mol. The molecule has 1 unspecified atom stereocenters. The number of aromatic amines is 1. The summed E-state index contributed by atoms with van der Waals surface area (Å²) in [5.74, 6) is -0.0360. The molecule has 1 atom stereocenters. The molecule has 0 spiro atoms. The number of amides is 1. The minimum Gasteiger partial charge on any atom is -0.336 e. The third-order valence-electron chi connectivity index (χ3n) is 2.84. The molecular formula is C11H14N2O2. The van der Waals surface area contributed by atoms with Gasteiger partial charge in [0.15, 0.2) is 0 Å². The molecule has 1 aliphatic heterocycles. The second kappa shape index (κ2) is 3.88. The lowest BCUT2D eigenvalue weighted by Crippen LogP contribution is -2.34. The number of pyridine rings is 1. The number of hydrogen-bond donors (Lipinski definition) is 1. The van der Waals surface area contributed by atoms with Gasteiger partial charge in [-0.3, -0.25) is 9.59 Å². The highest BCUT2D eigenvalue weighted by molar-refractivity contribution is 5.94. The molecule has 15 heavy (non-hydrogen) atoms. The Labute approximate surface area is 87.9 Å². The van der Waals surface area contributed by atoms with E-state index in [4.69, 9.17) is 0 Å². The second-order valence-electron chi connectivity index (χ2n) is 3.93. The van der Waals surface area contributed by atoms with Crippen molar-refractivity contribution in [1.82, 2.24) is 9.88 Å². The maximum Gasteiger partial charge on any atom is 0.254 e. The Bertz CT molecular complexity index is 425. The van der Waals surface area contributed by atoms with Gasteiger partial charge in [-0.25, -0.2) is 0 Å². The SMILES string of the molecule is CC1CCCN1C(=O)c1cc[nH]c(=O)c1. The molecule has 1 N–H and O–H groups in total. The van der Waals surface area contributed by atoms with E-state index in [0.29, 0.717) is 5.56 Å². The number of nitrogens with one attached hydrogen (secondary N) is 1. The first-order valence-electron chi connectivity index (χ1n) is 5.18. The first-order valence-corrected chi connectivity index (χ1v) is 5.18. The molecule has 1 amide bonds. The van der Waals surface area contributed by atoms with Gasteiger partial charge in [-0.2, -0.15) is 0 Å². The van der Waals surface area contributed by atoms with Crippen LogP contribution in [0.4, 0.5) is 0 Å². The molecule has 2 rings (SSSR count). The van der Waals surface area contributed by atoms with Crippen LogP contribution >= 0.6 is 0 Å². The number of hydrogen-bond acceptors (Lipinski definition) is 2. The summed E-state index contributed by atoms with van der Waals surface area (Å²) < 4.78 is 0. The molecule has 4 nitrogen and oxygen atoms in total. The molecule has 2 heterocycles. The zero-order chi connectivity index (χ0) is 10.8. The van der Waals surface area contributed by atoms with Crippen molar-refractivity contribution in [2.24, 2.45) is 0 Å². The summed E-state index contributed by atoms with van der Waals surface area (Å²) in [6.45, 7) is 2.84. The van der Waals surface area contributed by atoms with Gasteiger partial charge in [-0.15, -0.1) is 0 Å². The van der Waals surface area contributed by atoms with E-state index in [1.54, 1.807) is 6.07 Å². The average molecular weight is 206 g/mol. The second-order valence-corrected chi connectivity index (χ2v) is 3.93. The Morgan fingerprint density at radius 1 is 1.60 bits per heavy atom. The zero-order valence-corrected chi connectivity index (χ0v) is 8.69. The van der Waals surface area contributed by atoms with Crippen LogP contribution in [0.1, 0.15) is 30.1 Å². The Morgan fingerprint density at radius 3 is 3.00 bits per heavy atom. The van der Waals surface area contributed by atoms with Gasteiger partial charge in [-0.05, 0) is 25.8 Å². The van der Waals surface area contributed by atoms with Crippen LogP contribution in [0.2, 0.25) is 0 Å². The third-order valence-corrected chi connectivity index (χ3v) is 2.84. The Morgan fingerprint density at radius 2 is 2.40 bits per heavy atom. The van der Waals surface area contributed by atoms with Crippen LogP contribution in [-0.2, 0) is 0 Å². The zero-order valence-electron chi connectivity index (χ0n) is 8.69. The van der Waals surface area contributed by atoms with Crippen LogP contribution in [0.3, 0.4) is 0 Å². The molecular weight excluding hydrogens is 192 g/mol. The van der Waals surface area contributed by atoms with E-state index in [1.165, 1.54) is 12.3 Å². The van der Waals surface area contributed by atoms with Gasteiger partial charge in [0, 0.05) is 30.4 Å². The first-order chi connectivity index (χ1) is 7.18. The lowest BCUT2D eigenvalue weighted by atomic mass is 10.2. The van der Waals surface area contributed by atoms with Crippen LogP contribution < -0.4 is 5.56 Å². The highest BCUT2D eigenvalue weighted by atomic mass is 16.2. The van der Waals surface area contributed by atoms with Crippen LogP contribution in [0.25, 0.3) is 0 Å². The maximum absolute atomic E-state index is 12.0. The molecule has 1 aliphatic rings. The molecule has 80 valence electrons. The Balaban J connectivity index is 2.24. The summed E-state index contributed by atoms with van der Waals surface area (Å²) in [7, 11) is 0. The van der Waals surface area contributed by atoms with Crippen molar-refractivity contribution in [1.29, 1.82) is 0 Å². The predicted octanol–water partition coefficient (Wildman–Crippen LogP) is 0.999. The largest absolute Gasteiger partial charge is 0.336 e. The molecule has 0 bridgehead atoms. The molecule has 4 heteroatoms. The fourth-order valence-electron chi connectivity index (χ4n) is 1.98. The van der Waals surface area contributed by atoms with E-state index in [2.05, 4.69) is 4.98 Å². The van der Waals surface area contributed by atoms with E-state index in [-0.39, 0.29) is 17.5 Å². The smallest absolute Gasteiger partial charge is 0.254 e. The van der Waals surface area contributed by atoms with E-state index in [1.807, 2.05) is 11.8 Å².